The lowest BCUT2D eigenvalue weighted by molar-refractivity contribution is 0.0763. The minimum absolute atomic E-state index is 0.0687. The van der Waals surface area contributed by atoms with Crippen molar-refractivity contribution in [2.24, 2.45) is 0 Å². The Morgan fingerprint density at radius 1 is 1.00 bits per heavy atom. The first-order valence-electron chi connectivity index (χ1n) is 12.5. The van der Waals surface area contributed by atoms with Gasteiger partial charge in [0.05, 0.1) is 11.8 Å². The van der Waals surface area contributed by atoms with Gasteiger partial charge in [-0.2, -0.15) is 0 Å². The summed E-state index contributed by atoms with van der Waals surface area (Å²) in [4.78, 5) is 29.7. The van der Waals surface area contributed by atoms with Gasteiger partial charge in [0.2, 0.25) is 5.95 Å². The molecular formula is C26H35N5O2. The summed E-state index contributed by atoms with van der Waals surface area (Å²) in [5.74, 6) is 1.71. The molecule has 0 spiro atoms. The number of anilines is 1. The summed E-state index contributed by atoms with van der Waals surface area (Å²) >= 11 is 0. The van der Waals surface area contributed by atoms with E-state index in [4.69, 9.17) is 14.7 Å². The van der Waals surface area contributed by atoms with Crippen LogP contribution in [0.4, 0.5) is 5.95 Å². The number of nitrogens with zero attached hydrogens (tertiary/aromatic N) is 5. The van der Waals surface area contributed by atoms with Crippen LogP contribution in [-0.4, -0.2) is 77.1 Å². The predicted molar refractivity (Wildman–Crippen MR) is 129 cm³/mol. The summed E-state index contributed by atoms with van der Waals surface area (Å²) < 4.78 is 5.70. The van der Waals surface area contributed by atoms with Crippen LogP contribution in [0.2, 0.25) is 0 Å². The number of hydrogen-bond acceptors (Lipinski definition) is 6. The summed E-state index contributed by atoms with van der Waals surface area (Å²) in [5.41, 5.74) is 2.97. The van der Waals surface area contributed by atoms with Crippen LogP contribution in [-0.2, 0) is 12.8 Å². The topological polar surface area (TPSA) is 61.8 Å². The number of benzene rings is 1. The number of ether oxygens (including phenoxy) is 1. The molecule has 0 atom stereocenters. The molecule has 0 N–H and O–H groups in total. The molecule has 2 aromatic rings. The second-order valence-electron chi connectivity index (χ2n) is 9.73. The maximum absolute atomic E-state index is 13.1. The van der Waals surface area contributed by atoms with Gasteiger partial charge in [-0.3, -0.25) is 9.69 Å². The fourth-order valence-electron chi connectivity index (χ4n) is 4.99. The van der Waals surface area contributed by atoms with Crippen molar-refractivity contribution in [3.63, 3.8) is 0 Å². The van der Waals surface area contributed by atoms with Crippen LogP contribution in [0.3, 0.4) is 0 Å². The molecular weight excluding hydrogens is 414 g/mol. The number of carbonyl (C=O) groups excluding carboxylic acids is 1. The van der Waals surface area contributed by atoms with Crippen LogP contribution in [0.5, 0.6) is 5.75 Å². The van der Waals surface area contributed by atoms with Gasteiger partial charge in [0.25, 0.3) is 5.91 Å². The van der Waals surface area contributed by atoms with Crippen molar-refractivity contribution in [2.75, 3.05) is 44.2 Å². The van der Waals surface area contributed by atoms with E-state index in [-0.39, 0.29) is 12.0 Å². The standard InChI is InChI=1S/C26H35N5O2/c1-19(2)33-23-8-6-20(7-9-23)25(32)30-12-10-21-18-27-26(28-24(21)11-13-30)31-16-14-29(15-17-31)22-4-3-5-22/h6-9,18-19,22H,3-5,10-17H2,1-2H3. The first kappa shape index (κ1) is 22.1. The third-order valence-corrected chi connectivity index (χ3v) is 7.16. The molecule has 7 nitrogen and oxygen atoms in total. The average Bonchev–Trinajstić information content (AvgIpc) is 3.00. The SMILES string of the molecule is CC(C)Oc1ccc(C(=O)N2CCc3cnc(N4CCN(C5CCC5)CC4)nc3CC2)cc1. The molecule has 3 aliphatic rings. The van der Waals surface area contributed by atoms with Gasteiger partial charge < -0.3 is 14.5 Å². The maximum Gasteiger partial charge on any atom is 0.253 e. The number of aromatic nitrogens is 2. The largest absolute Gasteiger partial charge is 0.491 e. The van der Waals surface area contributed by atoms with Gasteiger partial charge in [-0.25, -0.2) is 9.97 Å². The molecule has 176 valence electrons. The lowest BCUT2D eigenvalue weighted by Crippen LogP contribution is -2.52. The highest BCUT2D eigenvalue weighted by atomic mass is 16.5. The molecule has 0 unspecified atom stereocenters. The normalized spacial score (nSPS) is 19.7. The van der Waals surface area contributed by atoms with Crippen LogP contribution in [0.25, 0.3) is 0 Å². The molecule has 3 heterocycles. The van der Waals surface area contributed by atoms with Crippen molar-refractivity contribution in [3.8, 4) is 5.75 Å². The van der Waals surface area contributed by atoms with Crippen LogP contribution < -0.4 is 9.64 Å². The fourth-order valence-corrected chi connectivity index (χ4v) is 4.99. The van der Waals surface area contributed by atoms with Gasteiger partial charge in [0.1, 0.15) is 5.75 Å². The van der Waals surface area contributed by atoms with E-state index in [2.05, 4.69) is 9.80 Å². The summed E-state index contributed by atoms with van der Waals surface area (Å²) in [5, 5.41) is 0. The van der Waals surface area contributed by atoms with E-state index in [9.17, 15) is 4.79 Å². The van der Waals surface area contributed by atoms with Crippen LogP contribution in [0, 0.1) is 0 Å². The van der Waals surface area contributed by atoms with Crippen molar-refractivity contribution in [1.82, 2.24) is 19.8 Å². The lowest BCUT2D eigenvalue weighted by Gasteiger charge is -2.43. The Bertz CT molecular complexity index is 965. The van der Waals surface area contributed by atoms with Crippen molar-refractivity contribution < 1.29 is 9.53 Å². The summed E-state index contributed by atoms with van der Waals surface area (Å²) in [6, 6.07) is 8.28. The van der Waals surface area contributed by atoms with Crippen LogP contribution in [0.1, 0.15) is 54.7 Å². The maximum atomic E-state index is 13.1. The first-order chi connectivity index (χ1) is 16.1. The summed E-state index contributed by atoms with van der Waals surface area (Å²) in [6.07, 6.45) is 7.78. The minimum Gasteiger partial charge on any atom is -0.491 e. The molecule has 1 aromatic heterocycles. The molecule has 0 bridgehead atoms. The van der Waals surface area contributed by atoms with E-state index in [1.807, 2.05) is 49.2 Å². The van der Waals surface area contributed by atoms with Crippen molar-refractivity contribution in [1.29, 1.82) is 0 Å². The van der Waals surface area contributed by atoms with Crippen molar-refractivity contribution >= 4 is 11.9 Å². The van der Waals surface area contributed by atoms with Gasteiger partial charge in [-0.05, 0) is 62.9 Å². The smallest absolute Gasteiger partial charge is 0.253 e. The Hall–Kier alpha value is -2.67. The molecule has 7 heteroatoms. The molecule has 2 aliphatic heterocycles. The number of fused-ring (bicyclic) bond motifs is 1. The number of carbonyl (C=O) groups is 1. The highest BCUT2D eigenvalue weighted by Crippen LogP contribution is 2.26. The second kappa shape index (κ2) is 9.67. The van der Waals surface area contributed by atoms with Crippen molar-refractivity contribution in [3.05, 3.63) is 47.3 Å². The fraction of sp³-hybridized carbons (Fsp3) is 0.577. The number of piperazine rings is 1. The average molecular weight is 450 g/mol. The van der Waals surface area contributed by atoms with Gasteiger partial charge in [-0.1, -0.05) is 6.42 Å². The Morgan fingerprint density at radius 3 is 2.39 bits per heavy atom. The lowest BCUT2D eigenvalue weighted by atomic mass is 9.91. The molecule has 1 saturated heterocycles. The third-order valence-electron chi connectivity index (χ3n) is 7.16. The molecule has 0 radical (unpaired) electrons. The van der Waals surface area contributed by atoms with E-state index in [1.54, 1.807) is 0 Å². The van der Waals surface area contributed by atoms with Crippen molar-refractivity contribution in [2.45, 2.75) is 58.1 Å². The first-order valence-corrected chi connectivity index (χ1v) is 12.5. The molecule has 33 heavy (non-hydrogen) atoms. The van der Waals surface area contributed by atoms with Crippen LogP contribution >= 0.6 is 0 Å². The number of amides is 1. The Morgan fingerprint density at radius 2 is 1.73 bits per heavy atom. The van der Waals surface area contributed by atoms with E-state index in [0.717, 1.165) is 62.5 Å². The Kier molecular flexibility index (Phi) is 6.49. The zero-order valence-corrected chi connectivity index (χ0v) is 19.9. The minimum atomic E-state index is 0.0687. The molecule has 1 aromatic carbocycles. The van der Waals surface area contributed by atoms with Crippen LogP contribution in [0.15, 0.2) is 30.5 Å². The summed E-state index contributed by atoms with van der Waals surface area (Å²) in [7, 11) is 0. The van der Waals surface area contributed by atoms with Gasteiger partial charge in [-0.15, -0.1) is 0 Å². The van der Waals surface area contributed by atoms with E-state index < -0.39 is 0 Å². The van der Waals surface area contributed by atoms with Gasteiger partial charge >= 0.3 is 0 Å². The molecule has 5 rings (SSSR count). The van der Waals surface area contributed by atoms with E-state index in [0.29, 0.717) is 18.7 Å². The zero-order valence-electron chi connectivity index (χ0n) is 19.9. The Balaban J connectivity index is 1.20. The molecule has 1 saturated carbocycles. The van der Waals surface area contributed by atoms with Gasteiger partial charge in [0, 0.05) is 63.5 Å². The Labute approximate surface area is 196 Å². The van der Waals surface area contributed by atoms with E-state index in [1.165, 1.54) is 24.8 Å². The third kappa shape index (κ3) is 4.98. The quantitative estimate of drug-likeness (QED) is 0.699. The summed E-state index contributed by atoms with van der Waals surface area (Å²) in [6.45, 7) is 9.57. The number of hydrogen-bond donors (Lipinski definition) is 0. The number of rotatable bonds is 5. The molecule has 1 amide bonds. The molecule has 1 aliphatic carbocycles. The zero-order chi connectivity index (χ0) is 22.8. The molecule has 2 fully saturated rings. The predicted octanol–water partition coefficient (Wildman–Crippen LogP) is 3.18. The monoisotopic (exact) mass is 449 g/mol. The highest BCUT2D eigenvalue weighted by Gasteiger charge is 2.29. The second-order valence-corrected chi connectivity index (χ2v) is 9.73. The van der Waals surface area contributed by atoms with Gasteiger partial charge in [0.15, 0.2) is 0 Å². The highest BCUT2D eigenvalue weighted by molar-refractivity contribution is 5.94. The van der Waals surface area contributed by atoms with E-state index >= 15 is 0 Å².